The number of amides is 1. The van der Waals surface area contributed by atoms with Crippen LogP contribution < -0.4 is 10.6 Å². The number of carbonyl (C=O) groups excluding carboxylic acids is 1. The first-order valence-corrected chi connectivity index (χ1v) is 7.79. The van der Waals surface area contributed by atoms with Gasteiger partial charge in [0.25, 0.3) is 0 Å². The molecule has 1 atom stereocenters. The van der Waals surface area contributed by atoms with Crippen molar-refractivity contribution in [3.63, 3.8) is 0 Å². The third kappa shape index (κ3) is 6.86. The Morgan fingerprint density at radius 3 is 2.65 bits per heavy atom. The molecule has 1 aromatic rings. The van der Waals surface area contributed by atoms with Crippen molar-refractivity contribution in [1.82, 2.24) is 15.6 Å². The van der Waals surface area contributed by atoms with Gasteiger partial charge in [-0.15, -0.1) is 11.3 Å². The van der Waals surface area contributed by atoms with Crippen LogP contribution in [0.5, 0.6) is 0 Å². The van der Waals surface area contributed by atoms with E-state index in [4.69, 9.17) is 4.74 Å². The molecule has 0 saturated carbocycles. The predicted molar refractivity (Wildman–Crippen MR) is 81.8 cm³/mol. The Hall–Kier alpha value is -1.14. The standard InChI is InChI=1S/C14H25N3O2S/c1-10(2)12(15-6-11-8-20-9-17-11)7-16-13(18)19-14(3,4)5/h8-10,12,15H,6-7H2,1-5H3,(H,16,18). The zero-order valence-electron chi connectivity index (χ0n) is 12.9. The molecule has 20 heavy (non-hydrogen) atoms. The Labute approximate surface area is 125 Å². The van der Waals surface area contributed by atoms with Crippen LogP contribution in [0.2, 0.25) is 0 Å². The first-order valence-electron chi connectivity index (χ1n) is 6.85. The predicted octanol–water partition coefficient (Wildman–Crippen LogP) is 2.78. The second-order valence-electron chi connectivity index (χ2n) is 6.09. The molecule has 0 bridgehead atoms. The molecule has 0 fully saturated rings. The van der Waals surface area contributed by atoms with E-state index in [2.05, 4.69) is 29.5 Å². The molecule has 114 valence electrons. The Morgan fingerprint density at radius 1 is 1.45 bits per heavy atom. The van der Waals surface area contributed by atoms with Crippen LogP contribution in [0.15, 0.2) is 10.9 Å². The van der Waals surface area contributed by atoms with Gasteiger partial charge >= 0.3 is 6.09 Å². The van der Waals surface area contributed by atoms with Gasteiger partial charge in [0.15, 0.2) is 0 Å². The van der Waals surface area contributed by atoms with E-state index in [-0.39, 0.29) is 12.1 Å². The third-order valence-electron chi connectivity index (χ3n) is 2.70. The molecule has 2 N–H and O–H groups in total. The molecule has 5 nitrogen and oxygen atoms in total. The van der Waals surface area contributed by atoms with Crippen LogP contribution in [0.25, 0.3) is 0 Å². The van der Waals surface area contributed by atoms with Gasteiger partial charge in [-0.1, -0.05) is 13.8 Å². The summed E-state index contributed by atoms with van der Waals surface area (Å²) in [7, 11) is 0. The minimum atomic E-state index is -0.467. The maximum absolute atomic E-state index is 11.6. The van der Waals surface area contributed by atoms with Gasteiger partial charge in [0, 0.05) is 24.5 Å². The zero-order chi connectivity index (χ0) is 15.2. The molecule has 1 heterocycles. The van der Waals surface area contributed by atoms with Gasteiger partial charge in [0.1, 0.15) is 5.60 Å². The van der Waals surface area contributed by atoms with E-state index in [0.717, 1.165) is 5.69 Å². The van der Waals surface area contributed by atoms with Crippen LogP contribution in [-0.4, -0.2) is 29.3 Å². The van der Waals surface area contributed by atoms with Crippen molar-refractivity contribution in [1.29, 1.82) is 0 Å². The normalized spacial score (nSPS) is 13.3. The number of carbonyl (C=O) groups is 1. The molecular formula is C14H25N3O2S. The lowest BCUT2D eigenvalue weighted by atomic mass is 10.0. The van der Waals surface area contributed by atoms with E-state index in [1.165, 1.54) is 0 Å². The molecule has 0 aliphatic heterocycles. The summed E-state index contributed by atoms with van der Waals surface area (Å²) in [4.78, 5) is 15.9. The monoisotopic (exact) mass is 299 g/mol. The van der Waals surface area contributed by atoms with Crippen LogP contribution in [-0.2, 0) is 11.3 Å². The van der Waals surface area contributed by atoms with Crippen LogP contribution >= 0.6 is 11.3 Å². The molecule has 1 rings (SSSR count). The van der Waals surface area contributed by atoms with Crippen molar-refractivity contribution in [3.05, 3.63) is 16.6 Å². The van der Waals surface area contributed by atoms with Crippen LogP contribution in [0, 0.1) is 5.92 Å². The molecule has 0 aliphatic rings. The average Bonchev–Trinajstić information content (AvgIpc) is 2.78. The fourth-order valence-corrected chi connectivity index (χ4v) is 2.17. The Morgan fingerprint density at radius 2 is 2.15 bits per heavy atom. The summed E-state index contributed by atoms with van der Waals surface area (Å²) in [5, 5.41) is 8.24. The van der Waals surface area contributed by atoms with Gasteiger partial charge < -0.3 is 15.4 Å². The summed E-state index contributed by atoms with van der Waals surface area (Å²) in [6, 6.07) is 0.184. The number of nitrogens with one attached hydrogen (secondary N) is 2. The highest BCUT2D eigenvalue weighted by molar-refractivity contribution is 7.07. The Kier molecular flexibility index (Phi) is 6.42. The van der Waals surface area contributed by atoms with Crippen LogP contribution in [0.4, 0.5) is 4.79 Å². The number of nitrogens with zero attached hydrogens (tertiary/aromatic N) is 1. The van der Waals surface area contributed by atoms with Gasteiger partial charge in [-0.05, 0) is 26.7 Å². The van der Waals surface area contributed by atoms with Crippen molar-refractivity contribution in [2.45, 2.75) is 52.8 Å². The number of rotatable bonds is 6. The number of thiazole rings is 1. The first kappa shape index (κ1) is 16.9. The van der Waals surface area contributed by atoms with Gasteiger partial charge in [-0.25, -0.2) is 9.78 Å². The highest BCUT2D eigenvalue weighted by Gasteiger charge is 2.18. The highest BCUT2D eigenvalue weighted by Crippen LogP contribution is 2.08. The van der Waals surface area contributed by atoms with Crippen molar-refractivity contribution < 1.29 is 9.53 Å². The van der Waals surface area contributed by atoms with E-state index >= 15 is 0 Å². The summed E-state index contributed by atoms with van der Waals surface area (Å²) in [5.74, 6) is 0.406. The van der Waals surface area contributed by atoms with Gasteiger partial charge in [-0.3, -0.25) is 0 Å². The van der Waals surface area contributed by atoms with E-state index in [1.54, 1.807) is 11.3 Å². The Bertz CT molecular complexity index is 399. The summed E-state index contributed by atoms with van der Waals surface area (Å²) in [6.45, 7) is 11.1. The summed E-state index contributed by atoms with van der Waals surface area (Å²) < 4.78 is 5.23. The summed E-state index contributed by atoms with van der Waals surface area (Å²) in [6.07, 6.45) is -0.376. The van der Waals surface area contributed by atoms with E-state index in [1.807, 2.05) is 31.7 Å². The average molecular weight is 299 g/mol. The minimum Gasteiger partial charge on any atom is -0.444 e. The van der Waals surface area contributed by atoms with Crippen LogP contribution in [0.1, 0.15) is 40.3 Å². The van der Waals surface area contributed by atoms with Crippen LogP contribution in [0.3, 0.4) is 0 Å². The summed E-state index contributed by atoms with van der Waals surface area (Å²) >= 11 is 1.58. The van der Waals surface area contributed by atoms with Gasteiger partial charge in [0.05, 0.1) is 11.2 Å². The topological polar surface area (TPSA) is 63.2 Å². The quantitative estimate of drug-likeness (QED) is 0.848. The van der Waals surface area contributed by atoms with Crippen molar-refractivity contribution >= 4 is 17.4 Å². The zero-order valence-corrected chi connectivity index (χ0v) is 13.7. The molecule has 6 heteroatoms. The summed E-state index contributed by atoms with van der Waals surface area (Å²) in [5.41, 5.74) is 2.38. The molecular weight excluding hydrogens is 274 g/mol. The lowest BCUT2D eigenvalue weighted by Crippen LogP contribution is -2.45. The number of hydrogen-bond donors (Lipinski definition) is 2. The SMILES string of the molecule is CC(C)C(CNC(=O)OC(C)(C)C)NCc1cscn1. The smallest absolute Gasteiger partial charge is 0.407 e. The molecule has 0 aliphatic carbocycles. The van der Waals surface area contributed by atoms with E-state index in [9.17, 15) is 4.79 Å². The second-order valence-corrected chi connectivity index (χ2v) is 6.81. The van der Waals surface area contributed by atoms with Crippen molar-refractivity contribution in [3.8, 4) is 0 Å². The lowest BCUT2D eigenvalue weighted by Gasteiger charge is -2.24. The number of ether oxygens (including phenoxy) is 1. The fourth-order valence-electron chi connectivity index (χ4n) is 1.61. The molecule has 0 saturated heterocycles. The molecule has 0 radical (unpaired) electrons. The molecule has 1 unspecified atom stereocenters. The van der Waals surface area contributed by atoms with Gasteiger partial charge in [-0.2, -0.15) is 0 Å². The first-order chi connectivity index (χ1) is 9.28. The molecule has 0 spiro atoms. The second kappa shape index (κ2) is 7.59. The van der Waals surface area contributed by atoms with E-state index in [0.29, 0.717) is 19.0 Å². The van der Waals surface area contributed by atoms with E-state index < -0.39 is 5.60 Å². The lowest BCUT2D eigenvalue weighted by molar-refractivity contribution is 0.0519. The largest absolute Gasteiger partial charge is 0.444 e. The molecule has 1 aromatic heterocycles. The molecule has 1 amide bonds. The maximum atomic E-state index is 11.6. The number of hydrogen-bond acceptors (Lipinski definition) is 5. The Balaban J connectivity index is 2.37. The molecule has 0 aromatic carbocycles. The van der Waals surface area contributed by atoms with Crippen molar-refractivity contribution in [2.24, 2.45) is 5.92 Å². The highest BCUT2D eigenvalue weighted by atomic mass is 32.1. The van der Waals surface area contributed by atoms with Gasteiger partial charge in [0.2, 0.25) is 0 Å². The number of alkyl carbamates (subject to hydrolysis) is 1. The third-order valence-corrected chi connectivity index (χ3v) is 3.33. The fraction of sp³-hybridized carbons (Fsp3) is 0.714. The minimum absolute atomic E-state index is 0.184. The number of aromatic nitrogens is 1. The maximum Gasteiger partial charge on any atom is 0.407 e. The van der Waals surface area contributed by atoms with Crippen molar-refractivity contribution in [2.75, 3.05) is 6.54 Å².